The number of aromatic nitrogens is 2. The standard InChI is InChI=1S/C30H23F3N4O3/c1-15(2)24-22-23(27(40)36(26(22)39)21-14-8-5-11-18(21)30(31,32)33)29(35-24)17-10-4-7-13-20(17)37-25(38)16-9-3-6-12-19(16)34-28(29)37/h3-15,22-24,35H,1-2H3/t22-,23+,24-,29+/m0/s1. The minimum Gasteiger partial charge on any atom is -0.296 e. The predicted octanol–water partition coefficient (Wildman–Crippen LogP) is 4.40. The van der Waals surface area contributed by atoms with Crippen LogP contribution in [0.3, 0.4) is 0 Å². The van der Waals surface area contributed by atoms with Crippen molar-refractivity contribution in [3.8, 4) is 5.69 Å². The molecular formula is C30H23F3N4O3. The molecule has 1 spiro atoms. The summed E-state index contributed by atoms with van der Waals surface area (Å²) < 4.78 is 43.5. The summed E-state index contributed by atoms with van der Waals surface area (Å²) in [5, 5.41) is 3.93. The predicted molar refractivity (Wildman–Crippen MR) is 141 cm³/mol. The van der Waals surface area contributed by atoms with E-state index in [0.717, 1.165) is 12.1 Å². The fourth-order valence-electron chi connectivity index (χ4n) is 6.87. The average molecular weight is 545 g/mol. The number of amides is 2. The highest BCUT2D eigenvalue weighted by molar-refractivity contribution is 6.23. The van der Waals surface area contributed by atoms with Gasteiger partial charge in [0.05, 0.1) is 39.7 Å². The number of carbonyl (C=O) groups excluding carboxylic acids is 2. The van der Waals surface area contributed by atoms with Crippen LogP contribution in [0.2, 0.25) is 0 Å². The summed E-state index contributed by atoms with van der Waals surface area (Å²) in [5.41, 5.74) is -1.76. The summed E-state index contributed by atoms with van der Waals surface area (Å²) >= 11 is 0. The van der Waals surface area contributed by atoms with Crippen molar-refractivity contribution >= 4 is 28.4 Å². The molecule has 2 amide bonds. The molecule has 4 aromatic rings. The highest BCUT2D eigenvalue weighted by Gasteiger charge is 2.70. The number of nitrogens with zero attached hydrogens (tertiary/aromatic N) is 3. The summed E-state index contributed by atoms with van der Waals surface area (Å²) in [6.07, 6.45) is -4.78. The van der Waals surface area contributed by atoms with Crippen LogP contribution in [0.5, 0.6) is 0 Å². The molecule has 40 heavy (non-hydrogen) atoms. The number of hydrogen-bond acceptors (Lipinski definition) is 5. The molecule has 0 radical (unpaired) electrons. The van der Waals surface area contributed by atoms with Gasteiger partial charge < -0.3 is 0 Å². The van der Waals surface area contributed by atoms with Crippen LogP contribution < -0.4 is 15.8 Å². The molecule has 7 nitrogen and oxygen atoms in total. The van der Waals surface area contributed by atoms with Gasteiger partial charge in [-0.15, -0.1) is 0 Å². The Kier molecular flexibility index (Phi) is 5.01. The zero-order valence-electron chi connectivity index (χ0n) is 21.4. The number of fused-ring (bicyclic) bond motifs is 8. The highest BCUT2D eigenvalue weighted by atomic mass is 19.4. The maximum absolute atomic E-state index is 14.4. The number of nitrogens with one attached hydrogen (secondary N) is 1. The number of rotatable bonds is 2. The molecule has 0 bridgehead atoms. The number of benzene rings is 3. The van der Waals surface area contributed by atoms with Crippen LogP contribution in [0.1, 0.15) is 30.8 Å². The molecule has 4 heterocycles. The van der Waals surface area contributed by atoms with E-state index in [1.165, 1.54) is 16.7 Å². The van der Waals surface area contributed by atoms with Gasteiger partial charge in [0.2, 0.25) is 11.8 Å². The van der Waals surface area contributed by atoms with Gasteiger partial charge in [-0.3, -0.25) is 24.3 Å². The van der Waals surface area contributed by atoms with E-state index in [4.69, 9.17) is 4.98 Å². The van der Waals surface area contributed by atoms with Gasteiger partial charge in [-0.2, -0.15) is 13.2 Å². The number of carbonyl (C=O) groups is 2. The average Bonchev–Trinajstić information content (AvgIpc) is 3.52. The second-order valence-electron chi connectivity index (χ2n) is 10.9. The third kappa shape index (κ3) is 2.99. The van der Waals surface area contributed by atoms with Gasteiger partial charge in [0.15, 0.2) is 0 Å². The van der Waals surface area contributed by atoms with E-state index in [-0.39, 0.29) is 17.3 Å². The quantitative estimate of drug-likeness (QED) is 0.379. The van der Waals surface area contributed by atoms with E-state index in [1.807, 2.05) is 13.8 Å². The Morgan fingerprint density at radius 3 is 2.25 bits per heavy atom. The first-order chi connectivity index (χ1) is 19.1. The molecule has 4 atom stereocenters. The molecule has 10 heteroatoms. The van der Waals surface area contributed by atoms with E-state index in [9.17, 15) is 27.6 Å². The van der Waals surface area contributed by atoms with Crippen molar-refractivity contribution in [3.05, 3.63) is 100 Å². The topological polar surface area (TPSA) is 84.3 Å². The van der Waals surface area contributed by atoms with E-state index in [1.54, 1.807) is 48.5 Å². The Labute approximate surface area is 226 Å². The van der Waals surface area contributed by atoms with Crippen molar-refractivity contribution < 1.29 is 22.8 Å². The van der Waals surface area contributed by atoms with Crippen LogP contribution >= 0.6 is 0 Å². The Balaban J connectivity index is 1.53. The molecule has 2 fully saturated rings. The zero-order chi connectivity index (χ0) is 28.1. The lowest BCUT2D eigenvalue weighted by atomic mass is 9.75. The Bertz CT molecular complexity index is 1810. The second kappa shape index (κ2) is 8.11. The van der Waals surface area contributed by atoms with E-state index in [0.29, 0.717) is 27.1 Å². The van der Waals surface area contributed by atoms with Crippen LogP contribution in [-0.2, 0) is 21.3 Å². The molecule has 3 aromatic carbocycles. The summed E-state index contributed by atoms with van der Waals surface area (Å²) in [4.78, 5) is 47.8. The number of imide groups is 1. The molecule has 0 saturated carbocycles. The summed E-state index contributed by atoms with van der Waals surface area (Å²) in [6.45, 7) is 3.78. The van der Waals surface area contributed by atoms with Gasteiger partial charge >= 0.3 is 6.18 Å². The zero-order valence-corrected chi connectivity index (χ0v) is 21.4. The minimum atomic E-state index is -4.78. The summed E-state index contributed by atoms with van der Waals surface area (Å²) in [6, 6.07) is 18.0. The van der Waals surface area contributed by atoms with Crippen molar-refractivity contribution in [2.24, 2.45) is 17.8 Å². The molecule has 0 unspecified atom stereocenters. The fourth-order valence-corrected chi connectivity index (χ4v) is 6.87. The first-order valence-electron chi connectivity index (χ1n) is 13.0. The smallest absolute Gasteiger partial charge is 0.296 e. The maximum atomic E-state index is 14.4. The largest absolute Gasteiger partial charge is 0.418 e. The molecule has 0 aliphatic carbocycles. The molecule has 1 N–H and O–H groups in total. The Morgan fingerprint density at radius 2 is 1.52 bits per heavy atom. The third-order valence-electron chi connectivity index (χ3n) is 8.47. The first-order valence-corrected chi connectivity index (χ1v) is 13.0. The van der Waals surface area contributed by atoms with E-state index < -0.39 is 52.7 Å². The van der Waals surface area contributed by atoms with Crippen molar-refractivity contribution in [3.63, 3.8) is 0 Å². The van der Waals surface area contributed by atoms with E-state index in [2.05, 4.69) is 5.32 Å². The fraction of sp³-hybridized carbons (Fsp3) is 0.267. The first kappa shape index (κ1) is 24.7. The SMILES string of the molecule is CC(C)[C@@H]1N[C@]2(c3ccccc3-n3c2nc2ccccc2c3=O)[C@H]2C(=O)N(c3ccccc3C(F)(F)F)C(=O)[C@H]12. The normalized spacial score (nSPS) is 25.2. The van der Waals surface area contributed by atoms with Crippen LogP contribution in [0.15, 0.2) is 77.6 Å². The monoisotopic (exact) mass is 544 g/mol. The van der Waals surface area contributed by atoms with Crippen molar-refractivity contribution in [2.45, 2.75) is 31.6 Å². The van der Waals surface area contributed by atoms with Gasteiger partial charge in [-0.1, -0.05) is 56.3 Å². The molecule has 202 valence electrons. The molecular weight excluding hydrogens is 521 g/mol. The molecule has 1 aromatic heterocycles. The lowest BCUT2D eigenvalue weighted by molar-refractivity contribution is -0.137. The van der Waals surface area contributed by atoms with Gasteiger partial charge in [-0.25, -0.2) is 9.88 Å². The molecule has 3 aliphatic rings. The lowest BCUT2D eigenvalue weighted by Crippen LogP contribution is -2.51. The maximum Gasteiger partial charge on any atom is 0.418 e. The van der Waals surface area contributed by atoms with Crippen molar-refractivity contribution in [1.29, 1.82) is 0 Å². The molecule has 3 aliphatic heterocycles. The van der Waals surface area contributed by atoms with Crippen LogP contribution in [0, 0.1) is 17.8 Å². The molecule has 7 rings (SSSR count). The van der Waals surface area contributed by atoms with Crippen LogP contribution in [0.4, 0.5) is 18.9 Å². The number of alkyl halides is 3. The number of anilines is 1. The van der Waals surface area contributed by atoms with Gasteiger partial charge in [0, 0.05) is 11.6 Å². The highest BCUT2D eigenvalue weighted by Crippen LogP contribution is 2.57. The van der Waals surface area contributed by atoms with Crippen molar-refractivity contribution in [2.75, 3.05) is 4.90 Å². The van der Waals surface area contributed by atoms with Crippen LogP contribution in [0.25, 0.3) is 16.6 Å². The van der Waals surface area contributed by atoms with Gasteiger partial charge in [0.1, 0.15) is 11.4 Å². The summed E-state index contributed by atoms with van der Waals surface area (Å²) in [5.74, 6) is -3.48. The van der Waals surface area contributed by atoms with E-state index >= 15 is 0 Å². The Hall–Kier alpha value is -4.31. The molecule has 2 saturated heterocycles. The number of para-hydroxylation sites is 3. The number of hydrogen-bond donors (Lipinski definition) is 1. The minimum absolute atomic E-state index is 0.171. The van der Waals surface area contributed by atoms with Crippen LogP contribution in [-0.4, -0.2) is 27.4 Å². The Morgan fingerprint density at radius 1 is 0.875 bits per heavy atom. The van der Waals surface area contributed by atoms with Gasteiger partial charge in [0.25, 0.3) is 5.56 Å². The van der Waals surface area contributed by atoms with Gasteiger partial charge in [-0.05, 0) is 36.2 Å². The van der Waals surface area contributed by atoms with Crippen molar-refractivity contribution in [1.82, 2.24) is 14.9 Å². The summed E-state index contributed by atoms with van der Waals surface area (Å²) in [7, 11) is 0. The lowest BCUT2D eigenvalue weighted by Gasteiger charge is -2.32. The number of halogens is 3. The second-order valence-corrected chi connectivity index (χ2v) is 10.9. The third-order valence-corrected chi connectivity index (χ3v) is 8.47.